The molecule has 4 atom stereocenters. The van der Waals surface area contributed by atoms with Crippen molar-refractivity contribution >= 4 is 12.1 Å². The molecule has 16 heavy (non-hydrogen) atoms. The van der Waals surface area contributed by atoms with Crippen LogP contribution < -0.4 is 0 Å². The Morgan fingerprint density at radius 2 is 1.50 bits per heavy atom. The monoisotopic (exact) mass is 238 g/mol. The van der Waals surface area contributed by atoms with Gasteiger partial charge < -0.3 is 35.1 Å². The van der Waals surface area contributed by atoms with Crippen molar-refractivity contribution in [2.45, 2.75) is 38.3 Å². The van der Waals surface area contributed by atoms with E-state index in [4.69, 9.17) is 25.5 Å². The highest BCUT2D eigenvalue weighted by Gasteiger charge is 2.29. The third-order valence-electron chi connectivity index (χ3n) is 1.42. The van der Waals surface area contributed by atoms with Gasteiger partial charge in [0.05, 0.1) is 6.61 Å². The number of aliphatic hydroxyl groups excluding tert-OH is 5. The fourth-order valence-corrected chi connectivity index (χ4v) is 0.618. The third-order valence-corrected chi connectivity index (χ3v) is 1.42. The zero-order valence-corrected chi connectivity index (χ0v) is 9.15. The van der Waals surface area contributed by atoms with E-state index in [2.05, 4.69) is 0 Å². The summed E-state index contributed by atoms with van der Waals surface area (Å²) in [6.45, 7) is 2.30. The predicted molar refractivity (Wildman–Crippen MR) is 53.5 cm³/mol. The van der Waals surface area contributed by atoms with Crippen LogP contribution in [-0.2, 0) is 9.59 Å². The second kappa shape index (κ2) is 9.37. The lowest BCUT2D eigenvalue weighted by atomic mass is 10.0. The van der Waals surface area contributed by atoms with E-state index in [1.807, 2.05) is 0 Å². The molecule has 0 radical (unpaired) electrons. The van der Waals surface area contributed by atoms with E-state index in [-0.39, 0.29) is 12.1 Å². The summed E-state index contributed by atoms with van der Waals surface area (Å²) in [5, 5.41) is 43.5. The lowest BCUT2D eigenvalue weighted by Gasteiger charge is -2.22. The minimum absolute atomic E-state index is 0.0258. The second-order valence-corrected chi connectivity index (χ2v) is 3.27. The van der Waals surface area contributed by atoms with Crippen LogP contribution in [0.4, 0.5) is 0 Å². The van der Waals surface area contributed by atoms with Gasteiger partial charge in [-0.15, -0.1) is 0 Å². The number of aldehydes is 1. The van der Waals surface area contributed by atoms with E-state index in [1.165, 1.54) is 13.8 Å². The molecular formula is C9H18O7. The van der Waals surface area contributed by atoms with E-state index in [9.17, 15) is 9.59 Å². The normalized spacial score (nSPS) is 17.4. The summed E-state index contributed by atoms with van der Waals surface area (Å²) in [5.41, 5.74) is 0. The Morgan fingerprint density at radius 3 is 1.75 bits per heavy atom. The molecule has 7 heteroatoms. The molecule has 0 aromatic carbocycles. The van der Waals surface area contributed by atoms with Crippen molar-refractivity contribution in [1.29, 1.82) is 0 Å². The van der Waals surface area contributed by atoms with Crippen molar-refractivity contribution in [3.63, 3.8) is 0 Å². The van der Waals surface area contributed by atoms with Gasteiger partial charge in [-0.3, -0.25) is 0 Å². The quantitative estimate of drug-likeness (QED) is 0.327. The summed E-state index contributed by atoms with van der Waals surface area (Å²) in [7, 11) is 0. The maximum absolute atomic E-state index is 9.90. The average molecular weight is 238 g/mol. The summed E-state index contributed by atoms with van der Waals surface area (Å²) in [4.78, 5) is 19.3. The summed E-state index contributed by atoms with van der Waals surface area (Å²) in [6.07, 6.45) is -6.84. The molecular weight excluding hydrogens is 220 g/mol. The zero-order chi connectivity index (χ0) is 13.3. The van der Waals surface area contributed by atoms with Gasteiger partial charge in [0.25, 0.3) is 0 Å². The van der Waals surface area contributed by atoms with Crippen molar-refractivity contribution in [3.05, 3.63) is 0 Å². The highest BCUT2D eigenvalue weighted by atomic mass is 16.4. The Bertz CT molecular complexity index is 202. The molecule has 0 saturated carbocycles. The number of Topliss-reactive ketones (excluding diaryl/α,β-unsaturated/α-hetero) is 1. The number of hydrogen-bond donors (Lipinski definition) is 5. The van der Waals surface area contributed by atoms with Gasteiger partial charge in [-0.1, -0.05) is 0 Å². The highest BCUT2D eigenvalue weighted by Crippen LogP contribution is 2.02. The van der Waals surface area contributed by atoms with Crippen LogP contribution in [0.5, 0.6) is 0 Å². The Morgan fingerprint density at radius 1 is 1.12 bits per heavy atom. The van der Waals surface area contributed by atoms with Crippen molar-refractivity contribution < 1.29 is 35.1 Å². The molecule has 0 rings (SSSR count). The number of carbonyl (C=O) groups excluding carboxylic acids is 2. The van der Waals surface area contributed by atoms with E-state index in [1.54, 1.807) is 0 Å². The molecule has 0 aliphatic carbocycles. The molecule has 5 N–H and O–H groups in total. The summed E-state index contributed by atoms with van der Waals surface area (Å²) < 4.78 is 0. The second-order valence-electron chi connectivity index (χ2n) is 3.27. The van der Waals surface area contributed by atoms with Crippen LogP contribution in [0, 0.1) is 0 Å². The van der Waals surface area contributed by atoms with Crippen LogP contribution in [0.15, 0.2) is 0 Å². The summed E-state index contributed by atoms with van der Waals surface area (Å²) in [5.74, 6) is 0.167. The molecule has 7 nitrogen and oxygen atoms in total. The average Bonchev–Trinajstić information content (AvgIpc) is 2.24. The van der Waals surface area contributed by atoms with Crippen LogP contribution in [0.1, 0.15) is 13.8 Å². The third kappa shape index (κ3) is 8.45. The first kappa shape index (κ1) is 17.5. The van der Waals surface area contributed by atoms with E-state index in [0.717, 1.165) is 0 Å². The number of aliphatic hydroxyl groups is 5. The molecule has 0 aliphatic rings. The standard InChI is InChI=1S/C6H12O6.C3H6O/c7-1-3(9)5(11)6(12)4(10)2-8;1-3(2)4/h1,3-6,8-12H,2H2;1-2H3/t3-,4+,5+,6+;/m0./s1. The van der Waals surface area contributed by atoms with Crippen LogP contribution in [0.2, 0.25) is 0 Å². The minimum Gasteiger partial charge on any atom is -0.394 e. The molecule has 0 bridgehead atoms. The van der Waals surface area contributed by atoms with Crippen LogP contribution in [0.25, 0.3) is 0 Å². The van der Waals surface area contributed by atoms with Gasteiger partial charge >= 0.3 is 0 Å². The van der Waals surface area contributed by atoms with Crippen LogP contribution in [0.3, 0.4) is 0 Å². The lowest BCUT2D eigenvalue weighted by Crippen LogP contribution is -2.46. The van der Waals surface area contributed by atoms with Gasteiger partial charge in [0, 0.05) is 0 Å². The maximum atomic E-state index is 9.90. The van der Waals surface area contributed by atoms with Crippen molar-refractivity contribution in [2.75, 3.05) is 6.61 Å². The largest absolute Gasteiger partial charge is 0.394 e. The van der Waals surface area contributed by atoms with Crippen LogP contribution in [-0.4, -0.2) is 68.6 Å². The number of hydrogen-bond acceptors (Lipinski definition) is 7. The molecule has 0 aliphatic heterocycles. The first-order chi connectivity index (χ1) is 7.27. The first-order valence-electron chi connectivity index (χ1n) is 4.53. The smallest absolute Gasteiger partial charge is 0.151 e. The molecule has 0 spiro atoms. The predicted octanol–water partition coefficient (Wildman–Crippen LogP) is -2.78. The zero-order valence-electron chi connectivity index (χ0n) is 9.15. The van der Waals surface area contributed by atoms with Crippen molar-refractivity contribution in [2.24, 2.45) is 0 Å². The highest BCUT2D eigenvalue weighted by molar-refractivity contribution is 5.72. The summed E-state index contributed by atoms with van der Waals surface area (Å²) >= 11 is 0. The number of rotatable bonds is 5. The molecule has 0 amide bonds. The van der Waals surface area contributed by atoms with Gasteiger partial charge in [0.2, 0.25) is 0 Å². The molecule has 0 unspecified atom stereocenters. The molecule has 0 fully saturated rings. The lowest BCUT2D eigenvalue weighted by molar-refractivity contribution is -0.136. The Hall–Kier alpha value is -0.860. The molecule has 0 aromatic heterocycles. The van der Waals surface area contributed by atoms with Gasteiger partial charge in [-0.25, -0.2) is 0 Å². The maximum Gasteiger partial charge on any atom is 0.151 e. The van der Waals surface area contributed by atoms with E-state index >= 15 is 0 Å². The van der Waals surface area contributed by atoms with Gasteiger partial charge in [-0.05, 0) is 13.8 Å². The topological polar surface area (TPSA) is 135 Å². The van der Waals surface area contributed by atoms with Gasteiger partial charge in [0.15, 0.2) is 6.29 Å². The Kier molecular flexibility index (Phi) is 10.3. The van der Waals surface area contributed by atoms with E-state index in [0.29, 0.717) is 0 Å². The molecule has 0 heterocycles. The number of ketones is 1. The summed E-state index contributed by atoms with van der Waals surface area (Å²) in [6, 6.07) is 0. The minimum atomic E-state index is -1.79. The van der Waals surface area contributed by atoms with Gasteiger partial charge in [-0.2, -0.15) is 0 Å². The Balaban J connectivity index is 0. The van der Waals surface area contributed by atoms with Crippen molar-refractivity contribution in [1.82, 2.24) is 0 Å². The van der Waals surface area contributed by atoms with Crippen molar-refractivity contribution in [3.8, 4) is 0 Å². The molecule has 0 aromatic rings. The van der Waals surface area contributed by atoms with E-state index < -0.39 is 31.0 Å². The molecule has 0 saturated heterocycles. The SMILES string of the molecule is CC(C)=O.O=C[C@H](O)[C@@H](O)[C@H](O)[C@H](O)CO. The fraction of sp³-hybridized carbons (Fsp3) is 0.778. The first-order valence-corrected chi connectivity index (χ1v) is 4.53. The van der Waals surface area contributed by atoms with Gasteiger partial charge in [0.1, 0.15) is 30.2 Å². The molecule has 96 valence electrons. The fourth-order valence-electron chi connectivity index (χ4n) is 0.618. The number of carbonyl (C=O) groups is 2. The Labute approximate surface area is 93.0 Å². The van der Waals surface area contributed by atoms with Crippen LogP contribution >= 0.6 is 0 Å².